The second-order valence-corrected chi connectivity index (χ2v) is 7.38. The van der Waals surface area contributed by atoms with Crippen molar-refractivity contribution in [1.29, 1.82) is 0 Å². The number of aliphatic hydroxyl groups is 1. The van der Waals surface area contributed by atoms with Gasteiger partial charge in [-0.15, -0.1) is 0 Å². The maximum Gasteiger partial charge on any atom is 0.307 e. The maximum absolute atomic E-state index is 12.2. The fraction of sp³-hybridized carbons (Fsp3) is 0.391. The Morgan fingerprint density at radius 2 is 1.62 bits per heavy atom. The van der Waals surface area contributed by atoms with Crippen LogP contribution in [0.3, 0.4) is 0 Å². The van der Waals surface area contributed by atoms with Gasteiger partial charge in [0.1, 0.15) is 0 Å². The van der Waals surface area contributed by atoms with E-state index in [1.54, 1.807) is 12.1 Å². The zero-order valence-corrected chi connectivity index (χ0v) is 17.6. The van der Waals surface area contributed by atoms with Crippen LogP contribution in [0, 0.1) is 0 Å². The molecule has 2 rings (SSSR count). The average molecular weight is 418 g/mol. The zero-order valence-electron chi connectivity index (χ0n) is 16.9. The van der Waals surface area contributed by atoms with Crippen LogP contribution >= 0.6 is 11.6 Å². The minimum Gasteiger partial charge on any atom is -0.469 e. The highest BCUT2D eigenvalue weighted by Gasteiger charge is 2.24. The SMILES string of the molecule is CCCC(c1ccc(C(=O)NCCC(=O)OC)cc1)C(CO)c1ccc(Cl)cc1. The molecule has 1 amide bonds. The Kier molecular flexibility index (Phi) is 9.16. The van der Waals surface area contributed by atoms with Crippen molar-refractivity contribution in [1.82, 2.24) is 5.32 Å². The van der Waals surface area contributed by atoms with Gasteiger partial charge >= 0.3 is 5.97 Å². The first-order chi connectivity index (χ1) is 14.0. The van der Waals surface area contributed by atoms with Crippen molar-refractivity contribution >= 4 is 23.5 Å². The second kappa shape index (κ2) is 11.6. The lowest BCUT2D eigenvalue weighted by Crippen LogP contribution is -2.26. The van der Waals surface area contributed by atoms with Gasteiger partial charge in [0.25, 0.3) is 5.91 Å². The van der Waals surface area contributed by atoms with E-state index in [9.17, 15) is 14.7 Å². The number of esters is 1. The molecule has 0 aromatic heterocycles. The van der Waals surface area contributed by atoms with Gasteiger partial charge in [0.2, 0.25) is 0 Å². The maximum atomic E-state index is 12.2. The van der Waals surface area contributed by atoms with Crippen molar-refractivity contribution < 1.29 is 19.4 Å². The van der Waals surface area contributed by atoms with Gasteiger partial charge in [-0.1, -0.05) is 49.2 Å². The molecule has 0 fully saturated rings. The fourth-order valence-corrected chi connectivity index (χ4v) is 3.58. The zero-order chi connectivity index (χ0) is 21.2. The Hall–Kier alpha value is -2.37. The van der Waals surface area contributed by atoms with Gasteiger partial charge in [0.05, 0.1) is 20.1 Å². The molecular formula is C23H28ClNO4. The molecule has 0 spiro atoms. The van der Waals surface area contributed by atoms with E-state index in [0.717, 1.165) is 24.0 Å². The lowest BCUT2D eigenvalue weighted by molar-refractivity contribution is -0.140. The molecule has 0 aliphatic heterocycles. The fourth-order valence-electron chi connectivity index (χ4n) is 3.45. The molecule has 0 heterocycles. The number of ether oxygens (including phenoxy) is 1. The summed E-state index contributed by atoms with van der Waals surface area (Å²) in [6, 6.07) is 15.0. The number of nitrogens with one attached hydrogen (secondary N) is 1. The summed E-state index contributed by atoms with van der Waals surface area (Å²) in [6.07, 6.45) is 2.03. The summed E-state index contributed by atoms with van der Waals surface area (Å²) in [5.41, 5.74) is 2.65. The van der Waals surface area contributed by atoms with E-state index in [2.05, 4.69) is 17.0 Å². The Morgan fingerprint density at radius 3 is 2.17 bits per heavy atom. The molecular weight excluding hydrogens is 390 g/mol. The summed E-state index contributed by atoms with van der Waals surface area (Å²) in [5.74, 6) is -0.515. The lowest BCUT2D eigenvalue weighted by atomic mass is 9.79. The van der Waals surface area contributed by atoms with Crippen LogP contribution < -0.4 is 5.32 Å². The second-order valence-electron chi connectivity index (χ2n) is 6.94. The first-order valence-corrected chi connectivity index (χ1v) is 10.2. The van der Waals surface area contributed by atoms with Gasteiger partial charge in [-0.3, -0.25) is 9.59 Å². The highest BCUT2D eigenvalue weighted by Crippen LogP contribution is 2.36. The molecule has 2 unspecified atom stereocenters. The van der Waals surface area contributed by atoms with Crippen LogP contribution in [0.15, 0.2) is 48.5 Å². The predicted molar refractivity (Wildman–Crippen MR) is 114 cm³/mol. The van der Waals surface area contributed by atoms with Crippen molar-refractivity contribution in [2.24, 2.45) is 0 Å². The third kappa shape index (κ3) is 6.58. The van der Waals surface area contributed by atoms with E-state index in [1.165, 1.54) is 7.11 Å². The van der Waals surface area contributed by atoms with Gasteiger partial charge < -0.3 is 15.2 Å². The molecule has 29 heavy (non-hydrogen) atoms. The number of methoxy groups -OCH3 is 1. The van der Waals surface area contributed by atoms with E-state index in [0.29, 0.717) is 10.6 Å². The summed E-state index contributed by atoms with van der Waals surface area (Å²) in [4.78, 5) is 23.4. The Balaban J connectivity index is 2.13. The van der Waals surface area contributed by atoms with Gasteiger partial charge in [-0.25, -0.2) is 0 Å². The highest BCUT2D eigenvalue weighted by atomic mass is 35.5. The minimum absolute atomic E-state index is 0.0298. The van der Waals surface area contributed by atoms with Crippen LogP contribution in [-0.4, -0.2) is 37.2 Å². The van der Waals surface area contributed by atoms with E-state index in [1.807, 2.05) is 36.4 Å². The Bertz CT molecular complexity index is 790. The summed E-state index contributed by atoms with van der Waals surface area (Å²) >= 11 is 6.00. The molecule has 0 saturated carbocycles. The van der Waals surface area contributed by atoms with Crippen molar-refractivity contribution in [2.45, 2.75) is 38.0 Å². The van der Waals surface area contributed by atoms with Gasteiger partial charge in [0, 0.05) is 23.0 Å². The van der Waals surface area contributed by atoms with E-state index in [-0.39, 0.29) is 43.3 Å². The molecule has 6 heteroatoms. The number of aliphatic hydroxyl groups excluding tert-OH is 1. The van der Waals surface area contributed by atoms with E-state index in [4.69, 9.17) is 11.6 Å². The average Bonchev–Trinajstić information content (AvgIpc) is 2.74. The molecule has 2 aromatic carbocycles. The number of hydrogen-bond donors (Lipinski definition) is 2. The van der Waals surface area contributed by atoms with Gasteiger partial charge in [-0.2, -0.15) is 0 Å². The van der Waals surface area contributed by atoms with Gasteiger partial charge in [0.15, 0.2) is 0 Å². The molecule has 0 aliphatic rings. The molecule has 2 aromatic rings. The van der Waals surface area contributed by atoms with Crippen molar-refractivity contribution in [3.8, 4) is 0 Å². The minimum atomic E-state index is -0.361. The molecule has 0 bridgehead atoms. The monoisotopic (exact) mass is 417 g/mol. The summed E-state index contributed by atoms with van der Waals surface area (Å²) in [6.45, 7) is 2.38. The normalized spacial score (nSPS) is 12.8. The number of halogens is 1. The Labute approximate surface area is 177 Å². The van der Waals surface area contributed by atoms with Crippen LogP contribution in [0.4, 0.5) is 0 Å². The number of rotatable bonds is 10. The smallest absolute Gasteiger partial charge is 0.307 e. The number of hydrogen-bond acceptors (Lipinski definition) is 4. The predicted octanol–water partition coefficient (Wildman–Crippen LogP) is 4.29. The summed E-state index contributed by atoms with van der Waals surface area (Å²) < 4.78 is 4.56. The molecule has 0 radical (unpaired) electrons. The first kappa shape index (κ1) is 22.9. The molecule has 156 valence electrons. The largest absolute Gasteiger partial charge is 0.469 e. The third-order valence-electron chi connectivity index (χ3n) is 5.02. The molecule has 5 nitrogen and oxygen atoms in total. The lowest BCUT2D eigenvalue weighted by Gasteiger charge is -2.26. The standard InChI is InChI=1S/C23H28ClNO4/c1-3-4-20(21(15-26)17-9-11-19(24)12-10-17)16-5-7-18(8-6-16)23(28)25-14-13-22(27)29-2/h5-12,20-21,26H,3-4,13-15H2,1-2H3,(H,25,28). The van der Waals surface area contributed by atoms with Crippen LogP contribution in [0.25, 0.3) is 0 Å². The van der Waals surface area contributed by atoms with Crippen LogP contribution in [0.2, 0.25) is 5.02 Å². The molecule has 0 saturated heterocycles. The number of carbonyl (C=O) groups excluding carboxylic acids is 2. The van der Waals surface area contributed by atoms with Crippen molar-refractivity contribution in [3.63, 3.8) is 0 Å². The topological polar surface area (TPSA) is 75.6 Å². The van der Waals surface area contributed by atoms with Crippen molar-refractivity contribution in [3.05, 3.63) is 70.2 Å². The van der Waals surface area contributed by atoms with E-state index >= 15 is 0 Å². The van der Waals surface area contributed by atoms with Gasteiger partial charge in [-0.05, 0) is 47.7 Å². The van der Waals surface area contributed by atoms with E-state index < -0.39 is 0 Å². The first-order valence-electron chi connectivity index (χ1n) is 9.81. The number of benzene rings is 2. The number of carbonyl (C=O) groups is 2. The molecule has 2 atom stereocenters. The quantitative estimate of drug-likeness (QED) is 0.565. The summed E-state index contributed by atoms with van der Waals surface area (Å²) in [5, 5.41) is 13.5. The van der Waals surface area contributed by atoms with Crippen molar-refractivity contribution in [2.75, 3.05) is 20.3 Å². The molecule has 0 aliphatic carbocycles. The van der Waals surface area contributed by atoms with Crippen LogP contribution in [0.1, 0.15) is 59.5 Å². The number of amides is 1. The summed E-state index contributed by atoms with van der Waals surface area (Å²) in [7, 11) is 1.32. The molecule has 2 N–H and O–H groups in total. The highest BCUT2D eigenvalue weighted by molar-refractivity contribution is 6.30. The Morgan fingerprint density at radius 1 is 1.03 bits per heavy atom. The third-order valence-corrected chi connectivity index (χ3v) is 5.28. The van der Waals surface area contributed by atoms with Crippen LogP contribution in [0.5, 0.6) is 0 Å². The van der Waals surface area contributed by atoms with Crippen LogP contribution in [-0.2, 0) is 9.53 Å².